The SMILES string of the molecule is Nc1cc(F)ccc1N1CCc2ccccc21. The van der Waals surface area contributed by atoms with Crippen LogP contribution in [0, 0.1) is 5.82 Å². The van der Waals surface area contributed by atoms with Crippen molar-refractivity contribution in [3.05, 3.63) is 53.8 Å². The predicted octanol–water partition coefficient (Wildman–Crippen LogP) is 3.10. The summed E-state index contributed by atoms with van der Waals surface area (Å²) in [5, 5.41) is 0. The first-order valence-corrected chi connectivity index (χ1v) is 5.66. The molecule has 3 heteroatoms. The quantitative estimate of drug-likeness (QED) is 0.760. The zero-order valence-electron chi connectivity index (χ0n) is 9.36. The Labute approximate surface area is 99.5 Å². The highest BCUT2D eigenvalue weighted by molar-refractivity contribution is 5.78. The topological polar surface area (TPSA) is 29.3 Å². The highest BCUT2D eigenvalue weighted by Crippen LogP contribution is 2.37. The maximum atomic E-state index is 13.0. The number of halogens is 1. The highest BCUT2D eigenvalue weighted by Gasteiger charge is 2.21. The van der Waals surface area contributed by atoms with Crippen molar-refractivity contribution >= 4 is 17.1 Å². The smallest absolute Gasteiger partial charge is 0.125 e. The van der Waals surface area contributed by atoms with Crippen molar-refractivity contribution in [3.8, 4) is 0 Å². The molecule has 0 aliphatic carbocycles. The molecule has 0 saturated carbocycles. The lowest BCUT2D eigenvalue weighted by Gasteiger charge is -2.21. The van der Waals surface area contributed by atoms with Crippen LogP contribution in [0.4, 0.5) is 21.5 Å². The number of nitrogens with zero attached hydrogens (tertiary/aromatic N) is 1. The highest BCUT2D eigenvalue weighted by atomic mass is 19.1. The standard InChI is InChI=1S/C14H13FN2/c15-11-5-6-14(12(16)9-11)17-8-7-10-3-1-2-4-13(10)17/h1-6,9H,7-8,16H2. The van der Waals surface area contributed by atoms with E-state index in [1.807, 2.05) is 12.1 Å². The average molecular weight is 228 g/mol. The number of hydrogen-bond donors (Lipinski definition) is 1. The fourth-order valence-corrected chi connectivity index (χ4v) is 2.36. The lowest BCUT2D eigenvalue weighted by molar-refractivity contribution is 0.628. The van der Waals surface area contributed by atoms with Gasteiger partial charge in [0.15, 0.2) is 0 Å². The largest absolute Gasteiger partial charge is 0.397 e. The molecule has 2 aromatic rings. The Balaban J connectivity index is 2.07. The summed E-state index contributed by atoms with van der Waals surface area (Å²) >= 11 is 0. The fourth-order valence-electron chi connectivity index (χ4n) is 2.36. The van der Waals surface area contributed by atoms with Gasteiger partial charge in [-0.25, -0.2) is 4.39 Å². The second-order valence-electron chi connectivity index (χ2n) is 4.23. The molecule has 1 aliphatic heterocycles. The minimum absolute atomic E-state index is 0.293. The molecule has 2 nitrogen and oxygen atoms in total. The van der Waals surface area contributed by atoms with Gasteiger partial charge in [0.2, 0.25) is 0 Å². The Hall–Kier alpha value is -2.03. The summed E-state index contributed by atoms with van der Waals surface area (Å²) < 4.78 is 13.0. The summed E-state index contributed by atoms with van der Waals surface area (Å²) in [6, 6.07) is 12.8. The minimum atomic E-state index is -0.293. The van der Waals surface area contributed by atoms with E-state index in [4.69, 9.17) is 5.73 Å². The Bertz CT molecular complexity index is 566. The van der Waals surface area contributed by atoms with Crippen LogP contribution in [-0.2, 0) is 6.42 Å². The Morgan fingerprint density at radius 3 is 2.71 bits per heavy atom. The Morgan fingerprint density at radius 2 is 1.88 bits per heavy atom. The summed E-state index contributed by atoms with van der Waals surface area (Å²) in [4.78, 5) is 2.14. The number of rotatable bonds is 1. The molecular formula is C14H13FN2. The number of fused-ring (bicyclic) bond motifs is 1. The molecule has 0 radical (unpaired) electrons. The molecule has 1 aliphatic rings. The summed E-state index contributed by atoms with van der Waals surface area (Å²) in [5.74, 6) is -0.293. The van der Waals surface area contributed by atoms with Gasteiger partial charge in [0.25, 0.3) is 0 Å². The zero-order valence-corrected chi connectivity index (χ0v) is 9.36. The minimum Gasteiger partial charge on any atom is -0.397 e. The first kappa shape index (κ1) is 10.1. The van der Waals surface area contributed by atoms with Crippen LogP contribution in [-0.4, -0.2) is 6.54 Å². The van der Waals surface area contributed by atoms with Crippen molar-refractivity contribution in [2.45, 2.75) is 6.42 Å². The monoisotopic (exact) mass is 228 g/mol. The average Bonchev–Trinajstić information content (AvgIpc) is 2.73. The molecule has 0 spiro atoms. The second kappa shape index (κ2) is 3.77. The molecule has 2 aromatic carbocycles. The third-order valence-corrected chi connectivity index (χ3v) is 3.17. The molecule has 0 bridgehead atoms. The molecule has 1 heterocycles. The van der Waals surface area contributed by atoms with Gasteiger partial charge in [-0.05, 0) is 36.2 Å². The first-order chi connectivity index (χ1) is 8.25. The third kappa shape index (κ3) is 1.64. The summed E-state index contributed by atoms with van der Waals surface area (Å²) in [6.45, 7) is 0.898. The number of anilines is 3. The molecule has 0 fully saturated rings. The van der Waals surface area contributed by atoms with Crippen LogP contribution >= 0.6 is 0 Å². The van der Waals surface area contributed by atoms with Gasteiger partial charge < -0.3 is 10.6 Å². The number of nitrogen functional groups attached to an aromatic ring is 1. The van der Waals surface area contributed by atoms with Gasteiger partial charge in [0, 0.05) is 12.2 Å². The molecule has 86 valence electrons. The molecule has 0 aromatic heterocycles. The van der Waals surface area contributed by atoms with Gasteiger partial charge in [0.1, 0.15) is 5.82 Å². The van der Waals surface area contributed by atoms with E-state index in [0.29, 0.717) is 5.69 Å². The van der Waals surface area contributed by atoms with Crippen LogP contribution in [0.15, 0.2) is 42.5 Å². The molecule has 2 N–H and O–H groups in total. The van der Waals surface area contributed by atoms with E-state index >= 15 is 0 Å². The van der Waals surface area contributed by atoms with Crippen LogP contribution < -0.4 is 10.6 Å². The van der Waals surface area contributed by atoms with Crippen molar-refractivity contribution in [1.82, 2.24) is 0 Å². The van der Waals surface area contributed by atoms with E-state index < -0.39 is 0 Å². The van der Waals surface area contributed by atoms with E-state index in [1.165, 1.54) is 23.4 Å². The lowest BCUT2D eigenvalue weighted by atomic mass is 10.2. The van der Waals surface area contributed by atoms with Crippen molar-refractivity contribution in [2.75, 3.05) is 17.2 Å². The first-order valence-electron chi connectivity index (χ1n) is 5.66. The van der Waals surface area contributed by atoms with Crippen LogP contribution in [0.1, 0.15) is 5.56 Å². The van der Waals surface area contributed by atoms with E-state index in [2.05, 4.69) is 17.0 Å². The molecule has 0 amide bonds. The van der Waals surface area contributed by atoms with Crippen molar-refractivity contribution in [3.63, 3.8) is 0 Å². The Kier molecular flexibility index (Phi) is 2.25. The van der Waals surface area contributed by atoms with Crippen LogP contribution in [0.25, 0.3) is 0 Å². The zero-order chi connectivity index (χ0) is 11.8. The molecular weight excluding hydrogens is 215 g/mol. The Morgan fingerprint density at radius 1 is 1.06 bits per heavy atom. The van der Waals surface area contributed by atoms with Gasteiger partial charge in [-0.2, -0.15) is 0 Å². The summed E-state index contributed by atoms with van der Waals surface area (Å²) in [7, 11) is 0. The normalized spacial score (nSPS) is 13.8. The number of para-hydroxylation sites is 1. The molecule has 0 unspecified atom stereocenters. The molecule has 3 rings (SSSR count). The van der Waals surface area contributed by atoms with Gasteiger partial charge >= 0.3 is 0 Å². The van der Waals surface area contributed by atoms with Crippen LogP contribution in [0.2, 0.25) is 0 Å². The van der Waals surface area contributed by atoms with Crippen LogP contribution in [0.5, 0.6) is 0 Å². The molecule has 0 atom stereocenters. The van der Waals surface area contributed by atoms with Gasteiger partial charge in [0.05, 0.1) is 11.4 Å². The predicted molar refractivity (Wildman–Crippen MR) is 68.0 cm³/mol. The van der Waals surface area contributed by atoms with E-state index in [0.717, 1.165) is 18.7 Å². The van der Waals surface area contributed by atoms with Gasteiger partial charge in [-0.3, -0.25) is 0 Å². The van der Waals surface area contributed by atoms with Crippen molar-refractivity contribution in [2.24, 2.45) is 0 Å². The summed E-state index contributed by atoms with van der Waals surface area (Å²) in [5.41, 5.74) is 9.74. The number of benzene rings is 2. The summed E-state index contributed by atoms with van der Waals surface area (Å²) in [6.07, 6.45) is 1.01. The third-order valence-electron chi connectivity index (χ3n) is 3.17. The van der Waals surface area contributed by atoms with Gasteiger partial charge in [-0.15, -0.1) is 0 Å². The van der Waals surface area contributed by atoms with E-state index in [-0.39, 0.29) is 5.82 Å². The maximum Gasteiger partial charge on any atom is 0.125 e. The lowest BCUT2D eigenvalue weighted by Crippen LogP contribution is -2.15. The fraction of sp³-hybridized carbons (Fsp3) is 0.143. The van der Waals surface area contributed by atoms with Crippen LogP contribution in [0.3, 0.4) is 0 Å². The number of nitrogens with two attached hydrogens (primary N) is 1. The second-order valence-corrected chi connectivity index (χ2v) is 4.23. The molecule has 17 heavy (non-hydrogen) atoms. The van der Waals surface area contributed by atoms with E-state index in [1.54, 1.807) is 6.07 Å². The number of hydrogen-bond acceptors (Lipinski definition) is 2. The van der Waals surface area contributed by atoms with E-state index in [9.17, 15) is 4.39 Å². The molecule has 0 saturated heterocycles. The van der Waals surface area contributed by atoms with Crippen molar-refractivity contribution in [1.29, 1.82) is 0 Å². The van der Waals surface area contributed by atoms with Crippen molar-refractivity contribution < 1.29 is 4.39 Å². The maximum absolute atomic E-state index is 13.0. The van der Waals surface area contributed by atoms with Gasteiger partial charge in [-0.1, -0.05) is 18.2 Å².